The molecule has 2 N–H and O–H groups in total. The zero-order valence-corrected chi connectivity index (χ0v) is 9.76. The van der Waals surface area contributed by atoms with Crippen LogP contribution in [0.1, 0.15) is 6.92 Å². The van der Waals surface area contributed by atoms with Crippen molar-refractivity contribution in [2.45, 2.75) is 18.8 Å². The molecule has 0 amide bonds. The summed E-state index contributed by atoms with van der Waals surface area (Å²) in [5, 5.41) is 19.8. The van der Waals surface area contributed by atoms with Gasteiger partial charge in [0.25, 0.3) is 0 Å². The number of fused-ring (bicyclic) bond motifs is 1. The zero-order chi connectivity index (χ0) is 11.5. The average Bonchev–Trinajstić information content (AvgIpc) is 2.48. The minimum absolute atomic E-state index is 0.0903. The van der Waals surface area contributed by atoms with E-state index in [9.17, 15) is 10.2 Å². The summed E-state index contributed by atoms with van der Waals surface area (Å²) in [6, 6.07) is 0.433. The summed E-state index contributed by atoms with van der Waals surface area (Å²) < 4.78 is 3.50. The van der Waals surface area contributed by atoms with Crippen molar-refractivity contribution >= 4 is 12.0 Å². The van der Waals surface area contributed by atoms with Crippen molar-refractivity contribution in [1.29, 1.82) is 0 Å². The first kappa shape index (κ1) is 10.1. The Hall–Kier alpha value is -1.46. The van der Waals surface area contributed by atoms with Crippen molar-refractivity contribution in [2.24, 2.45) is 0 Å². The molecular weight excluding hydrogens is 196 g/mol. The Kier molecular flexibility index (Phi) is 1.72. The van der Waals surface area contributed by atoms with E-state index in [1.807, 2.05) is 35.1 Å². The van der Waals surface area contributed by atoms with Crippen molar-refractivity contribution in [1.82, 2.24) is 9.80 Å². The maximum atomic E-state index is 9.88. The molecule has 0 aliphatic carbocycles. The quantitative estimate of drug-likeness (QED) is 0.510. The average molecular weight is 214 g/mol. The van der Waals surface area contributed by atoms with Crippen LogP contribution in [0.5, 0.6) is 0 Å². The van der Waals surface area contributed by atoms with E-state index < -0.39 is 5.66 Å². The van der Waals surface area contributed by atoms with Gasteiger partial charge in [-0.3, -0.25) is 0 Å². The summed E-state index contributed by atoms with van der Waals surface area (Å²) in [5.74, 6) is 0. The smallest absolute Gasteiger partial charge is 0.447 e. The van der Waals surface area contributed by atoms with Crippen LogP contribution in [-0.4, -0.2) is 81.2 Å². The first-order valence-corrected chi connectivity index (χ1v) is 4.88. The highest BCUT2D eigenvalue weighted by Crippen LogP contribution is 2.33. The minimum Gasteiger partial charge on any atom is -0.447 e. The summed E-state index contributed by atoms with van der Waals surface area (Å²) in [4.78, 5) is 3.52. The Bertz CT molecular complexity index is 356. The highest BCUT2D eigenvalue weighted by atomic mass is 16.3. The lowest BCUT2D eigenvalue weighted by Gasteiger charge is -2.25. The van der Waals surface area contributed by atoms with Gasteiger partial charge in [-0.15, -0.1) is 0 Å². The highest BCUT2D eigenvalue weighted by Gasteiger charge is 2.70. The molecule has 0 bridgehead atoms. The Balaban J connectivity index is 2.59. The highest BCUT2D eigenvalue weighted by molar-refractivity contribution is 5.74. The van der Waals surface area contributed by atoms with Crippen molar-refractivity contribution in [2.75, 3.05) is 28.2 Å². The Morgan fingerprint density at radius 3 is 1.67 bits per heavy atom. The molecule has 0 saturated heterocycles. The van der Waals surface area contributed by atoms with Crippen LogP contribution in [0.2, 0.25) is 0 Å². The molecule has 0 fully saturated rings. The van der Waals surface area contributed by atoms with Crippen LogP contribution >= 0.6 is 0 Å². The standard InChI is InChI=1S/C9H16N4O2/c1-9-6(10(2)7(14)12(9)4)11(3)8(15)13(9)5/h6H,1-5H3/p+2. The Morgan fingerprint density at radius 2 is 1.40 bits per heavy atom. The van der Waals surface area contributed by atoms with Gasteiger partial charge in [0.15, 0.2) is 0 Å². The van der Waals surface area contributed by atoms with Gasteiger partial charge in [-0.2, -0.15) is 19.0 Å². The number of likely N-dealkylation sites (N-methyl/N-ethyl adjacent to an activating group) is 4. The summed E-state index contributed by atoms with van der Waals surface area (Å²) >= 11 is 0. The molecule has 0 aromatic rings. The van der Waals surface area contributed by atoms with Gasteiger partial charge in [0, 0.05) is 6.92 Å². The lowest BCUT2D eigenvalue weighted by Crippen LogP contribution is -2.58. The molecular formula is C9H18N4O2+2. The van der Waals surface area contributed by atoms with Crippen molar-refractivity contribution in [3.8, 4) is 0 Å². The molecule has 0 unspecified atom stereocenters. The number of aliphatic hydroxyl groups is 2. The SMILES string of the molecule is CN1C(O)=[N+](C)C2[N+](C)=C(O)N(C)C21C. The molecule has 2 heterocycles. The molecule has 0 spiro atoms. The number of aliphatic hydroxyl groups excluding tert-OH is 2. The summed E-state index contributed by atoms with van der Waals surface area (Å²) in [7, 11) is 7.25. The largest absolute Gasteiger partial charge is 0.451 e. The molecule has 0 aromatic carbocycles. The van der Waals surface area contributed by atoms with Crippen molar-refractivity contribution < 1.29 is 19.4 Å². The van der Waals surface area contributed by atoms with Crippen molar-refractivity contribution in [3.63, 3.8) is 0 Å². The molecule has 0 radical (unpaired) electrons. The monoisotopic (exact) mass is 214 g/mol. The third kappa shape index (κ3) is 0.848. The van der Waals surface area contributed by atoms with Crippen LogP contribution in [0, 0.1) is 0 Å². The van der Waals surface area contributed by atoms with Gasteiger partial charge in [-0.25, -0.2) is 0 Å². The van der Waals surface area contributed by atoms with E-state index in [4.69, 9.17) is 0 Å². The van der Waals surface area contributed by atoms with Crippen LogP contribution in [-0.2, 0) is 0 Å². The van der Waals surface area contributed by atoms with Gasteiger partial charge in [0.05, 0.1) is 28.2 Å². The molecule has 15 heavy (non-hydrogen) atoms. The fraction of sp³-hybridized carbons (Fsp3) is 0.778. The maximum absolute atomic E-state index is 9.88. The van der Waals surface area contributed by atoms with Gasteiger partial charge < -0.3 is 10.2 Å². The Labute approximate surface area is 89.0 Å². The third-order valence-corrected chi connectivity index (χ3v) is 3.81. The fourth-order valence-electron chi connectivity index (χ4n) is 2.66. The van der Waals surface area contributed by atoms with E-state index in [0.717, 1.165) is 0 Å². The zero-order valence-electron chi connectivity index (χ0n) is 9.76. The molecule has 0 saturated carbocycles. The molecule has 6 nitrogen and oxygen atoms in total. The van der Waals surface area contributed by atoms with Gasteiger partial charge >= 0.3 is 23.9 Å². The molecule has 2 aliphatic heterocycles. The van der Waals surface area contributed by atoms with Gasteiger partial charge in [-0.1, -0.05) is 0 Å². The fourth-order valence-corrected chi connectivity index (χ4v) is 2.66. The normalized spacial score (nSPS) is 35.7. The molecule has 6 heteroatoms. The van der Waals surface area contributed by atoms with Crippen molar-refractivity contribution in [3.05, 3.63) is 0 Å². The van der Waals surface area contributed by atoms with E-state index in [2.05, 4.69) is 0 Å². The Morgan fingerprint density at radius 1 is 1.07 bits per heavy atom. The summed E-state index contributed by atoms with van der Waals surface area (Å²) in [5.41, 5.74) is -0.447. The number of amidine groups is 2. The second kappa shape index (κ2) is 2.56. The predicted octanol–water partition coefficient (Wildman–Crippen LogP) is -0.968. The van der Waals surface area contributed by atoms with E-state index >= 15 is 0 Å². The first-order valence-electron chi connectivity index (χ1n) is 4.88. The second-order valence-corrected chi connectivity index (χ2v) is 4.41. The molecule has 0 atom stereocenters. The van der Waals surface area contributed by atoms with Gasteiger partial charge in [0.2, 0.25) is 0 Å². The molecule has 0 aromatic heterocycles. The van der Waals surface area contributed by atoms with Gasteiger partial charge in [-0.05, 0) is 0 Å². The van der Waals surface area contributed by atoms with Crippen LogP contribution in [0.15, 0.2) is 0 Å². The molecule has 2 rings (SSSR count). The topological polar surface area (TPSA) is 53.0 Å². The van der Waals surface area contributed by atoms with Crippen LogP contribution in [0.4, 0.5) is 0 Å². The van der Waals surface area contributed by atoms with E-state index in [1.165, 1.54) is 0 Å². The third-order valence-electron chi connectivity index (χ3n) is 3.81. The van der Waals surface area contributed by atoms with Crippen LogP contribution in [0.3, 0.4) is 0 Å². The summed E-state index contributed by atoms with van der Waals surface area (Å²) in [6.07, 6.45) is -0.0903. The van der Waals surface area contributed by atoms with E-state index in [-0.39, 0.29) is 18.2 Å². The number of nitrogens with zero attached hydrogens (tertiary/aromatic N) is 4. The number of hydrogen-bond acceptors (Lipinski definition) is 2. The van der Waals surface area contributed by atoms with Crippen LogP contribution in [0.25, 0.3) is 0 Å². The number of rotatable bonds is 0. The van der Waals surface area contributed by atoms with Gasteiger partial charge in [0.1, 0.15) is 0 Å². The van der Waals surface area contributed by atoms with E-state index in [1.54, 1.807) is 19.0 Å². The second-order valence-electron chi connectivity index (χ2n) is 4.41. The van der Waals surface area contributed by atoms with E-state index in [0.29, 0.717) is 0 Å². The minimum atomic E-state index is -0.447. The summed E-state index contributed by atoms with van der Waals surface area (Å²) in [6.45, 7) is 1.98. The lowest BCUT2D eigenvalue weighted by atomic mass is 10.1. The van der Waals surface area contributed by atoms with Crippen LogP contribution < -0.4 is 0 Å². The maximum Gasteiger partial charge on any atom is 0.451 e. The number of hydrogen-bond donors (Lipinski definition) is 2. The molecule has 84 valence electrons. The first-order chi connectivity index (χ1) is 6.83. The lowest BCUT2D eigenvalue weighted by molar-refractivity contribution is -0.754. The predicted molar refractivity (Wildman–Crippen MR) is 55.4 cm³/mol. The molecule has 2 aliphatic rings.